The number of amides is 1. The number of hydrogen-bond acceptors (Lipinski definition) is 4. The normalized spacial score (nSPS) is 17.2. The lowest BCUT2D eigenvalue weighted by Crippen LogP contribution is -2.45. The van der Waals surface area contributed by atoms with Crippen LogP contribution in [0.4, 0.5) is 0 Å². The number of sulfonamides is 1. The molecule has 1 aromatic heterocycles. The average Bonchev–Trinajstić information content (AvgIpc) is 3.29. The maximum Gasteiger partial charge on any atom is 0.243 e. The average molecular weight is 497 g/mol. The Balaban J connectivity index is 1.29. The fourth-order valence-corrected chi connectivity index (χ4v) is 6.38. The zero-order valence-corrected chi connectivity index (χ0v) is 21.5. The molecule has 35 heavy (non-hydrogen) atoms. The van der Waals surface area contributed by atoms with Crippen molar-refractivity contribution < 1.29 is 13.2 Å². The molecule has 1 fully saturated rings. The van der Waals surface area contributed by atoms with E-state index in [1.807, 2.05) is 36.5 Å². The number of aryl methyl sites for hydroxylation is 1. The molecule has 2 heterocycles. The van der Waals surface area contributed by atoms with E-state index in [1.165, 1.54) is 9.87 Å². The first-order valence-electron chi connectivity index (χ1n) is 12.5. The summed E-state index contributed by atoms with van der Waals surface area (Å²) >= 11 is 0. The number of fused-ring (bicyclic) bond motifs is 1. The molecule has 1 N–H and O–H groups in total. The van der Waals surface area contributed by atoms with Gasteiger partial charge in [0.25, 0.3) is 0 Å². The van der Waals surface area contributed by atoms with Crippen LogP contribution in [0.2, 0.25) is 0 Å². The molecule has 0 aliphatic carbocycles. The maximum atomic E-state index is 13.3. The van der Waals surface area contributed by atoms with Crippen LogP contribution in [0, 0.1) is 5.92 Å². The van der Waals surface area contributed by atoms with Gasteiger partial charge >= 0.3 is 0 Å². The van der Waals surface area contributed by atoms with Crippen LogP contribution in [-0.2, 0) is 27.9 Å². The number of carbonyl (C=O) groups excluding carboxylic acids is 1. The molecule has 0 spiro atoms. The molecule has 1 aliphatic rings. The fraction of sp³-hybridized carbons (Fsp3) is 0.444. The molecular formula is C27H36N4O3S. The lowest BCUT2D eigenvalue weighted by atomic mass is 9.99. The van der Waals surface area contributed by atoms with Crippen molar-refractivity contribution in [1.29, 1.82) is 0 Å². The maximum absolute atomic E-state index is 13.3. The molecular weight excluding hydrogens is 460 g/mol. The third-order valence-electron chi connectivity index (χ3n) is 6.79. The minimum Gasteiger partial charge on any atom is -0.356 e. The van der Waals surface area contributed by atoms with Crippen LogP contribution in [0.15, 0.2) is 65.7 Å². The van der Waals surface area contributed by atoms with Gasteiger partial charge < -0.3 is 14.8 Å². The zero-order valence-electron chi connectivity index (χ0n) is 20.7. The number of aromatic nitrogens is 1. The Morgan fingerprint density at radius 3 is 2.71 bits per heavy atom. The molecule has 8 heteroatoms. The summed E-state index contributed by atoms with van der Waals surface area (Å²) in [5.74, 6) is -0.364. The van der Waals surface area contributed by atoms with Crippen molar-refractivity contribution in [1.82, 2.24) is 19.1 Å². The van der Waals surface area contributed by atoms with E-state index in [0.717, 1.165) is 37.0 Å². The van der Waals surface area contributed by atoms with Gasteiger partial charge in [-0.2, -0.15) is 4.31 Å². The highest BCUT2D eigenvalue weighted by atomic mass is 32.2. The predicted octanol–water partition coefficient (Wildman–Crippen LogP) is 3.70. The summed E-state index contributed by atoms with van der Waals surface area (Å²) in [4.78, 5) is 15.3. The van der Waals surface area contributed by atoms with Crippen molar-refractivity contribution in [3.63, 3.8) is 0 Å². The number of nitrogens with zero attached hydrogens (tertiary/aromatic N) is 3. The van der Waals surface area contributed by atoms with E-state index in [2.05, 4.69) is 40.9 Å². The van der Waals surface area contributed by atoms with Gasteiger partial charge in [-0.3, -0.25) is 4.79 Å². The van der Waals surface area contributed by atoms with Crippen molar-refractivity contribution >= 4 is 26.8 Å². The smallest absolute Gasteiger partial charge is 0.243 e. The largest absolute Gasteiger partial charge is 0.356 e. The first kappa shape index (κ1) is 25.4. The van der Waals surface area contributed by atoms with Crippen LogP contribution in [-0.4, -0.2) is 61.3 Å². The van der Waals surface area contributed by atoms with Crippen LogP contribution in [0.3, 0.4) is 0 Å². The number of rotatable bonds is 10. The lowest BCUT2D eigenvalue weighted by Gasteiger charge is -2.31. The van der Waals surface area contributed by atoms with E-state index >= 15 is 0 Å². The van der Waals surface area contributed by atoms with Gasteiger partial charge in [0.05, 0.1) is 10.8 Å². The number of carbonyl (C=O) groups is 1. The van der Waals surface area contributed by atoms with E-state index in [-0.39, 0.29) is 18.4 Å². The molecule has 1 atom stereocenters. The second-order valence-corrected chi connectivity index (χ2v) is 11.3. The van der Waals surface area contributed by atoms with Gasteiger partial charge in [-0.05, 0) is 69.6 Å². The molecule has 7 nitrogen and oxygen atoms in total. The van der Waals surface area contributed by atoms with Crippen molar-refractivity contribution in [2.24, 2.45) is 5.92 Å². The van der Waals surface area contributed by atoms with Gasteiger partial charge in [0.2, 0.25) is 15.9 Å². The third kappa shape index (κ3) is 6.12. The van der Waals surface area contributed by atoms with Crippen molar-refractivity contribution in [2.45, 2.75) is 44.2 Å². The predicted molar refractivity (Wildman–Crippen MR) is 139 cm³/mol. The van der Waals surface area contributed by atoms with Gasteiger partial charge in [0, 0.05) is 49.8 Å². The molecule has 0 radical (unpaired) electrons. The van der Waals surface area contributed by atoms with Crippen LogP contribution < -0.4 is 5.32 Å². The van der Waals surface area contributed by atoms with Crippen molar-refractivity contribution in [3.8, 4) is 0 Å². The van der Waals surface area contributed by atoms with Crippen molar-refractivity contribution in [3.05, 3.63) is 66.4 Å². The second-order valence-electron chi connectivity index (χ2n) is 9.39. The summed E-state index contributed by atoms with van der Waals surface area (Å²) < 4.78 is 30.3. The summed E-state index contributed by atoms with van der Waals surface area (Å²) in [7, 11) is -1.57. The summed E-state index contributed by atoms with van der Waals surface area (Å²) in [6.07, 6.45) is 4.22. The van der Waals surface area contributed by atoms with Crippen molar-refractivity contribution in [2.75, 3.05) is 33.2 Å². The van der Waals surface area contributed by atoms with Crippen LogP contribution in [0.5, 0.6) is 0 Å². The minimum atomic E-state index is -3.65. The molecule has 1 amide bonds. The lowest BCUT2D eigenvalue weighted by molar-refractivity contribution is -0.126. The number of benzene rings is 2. The van der Waals surface area contributed by atoms with E-state index in [0.29, 0.717) is 30.8 Å². The topological polar surface area (TPSA) is 74.6 Å². The Bertz CT molecular complexity index is 1240. The van der Waals surface area contributed by atoms with Gasteiger partial charge in [0.15, 0.2) is 0 Å². The summed E-state index contributed by atoms with van der Waals surface area (Å²) in [6, 6.07) is 17.6. The van der Waals surface area contributed by atoms with Gasteiger partial charge in [0.1, 0.15) is 0 Å². The zero-order chi connectivity index (χ0) is 24.8. The Morgan fingerprint density at radius 2 is 1.94 bits per heavy atom. The summed E-state index contributed by atoms with van der Waals surface area (Å²) in [6.45, 7) is 5.92. The minimum absolute atomic E-state index is 0.0499. The molecule has 1 saturated heterocycles. The number of nitrogens with one attached hydrogen (secondary N) is 1. The number of hydrogen-bond donors (Lipinski definition) is 1. The molecule has 2 aromatic carbocycles. The van der Waals surface area contributed by atoms with E-state index in [9.17, 15) is 13.2 Å². The molecule has 0 unspecified atom stereocenters. The SMILES string of the molecule is CCn1ccc2cc(S(=O)(=O)N3CCC[C@H](C(=O)NCCCN(C)Cc4ccccc4)C3)ccc21. The highest BCUT2D eigenvalue weighted by Crippen LogP contribution is 2.27. The molecule has 0 saturated carbocycles. The van der Waals surface area contributed by atoms with Crippen LogP contribution >= 0.6 is 0 Å². The van der Waals surface area contributed by atoms with Gasteiger partial charge in [-0.25, -0.2) is 8.42 Å². The molecule has 4 rings (SSSR count). The Morgan fingerprint density at radius 1 is 1.14 bits per heavy atom. The molecule has 0 bridgehead atoms. The quantitative estimate of drug-likeness (QED) is 0.435. The monoisotopic (exact) mass is 496 g/mol. The van der Waals surface area contributed by atoms with Crippen LogP contribution in [0.25, 0.3) is 10.9 Å². The molecule has 1 aliphatic heterocycles. The number of piperidine rings is 1. The second kappa shape index (κ2) is 11.4. The highest BCUT2D eigenvalue weighted by molar-refractivity contribution is 7.89. The van der Waals surface area contributed by atoms with E-state index < -0.39 is 10.0 Å². The first-order chi connectivity index (χ1) is 16.9. The summed E-state index contributed by atoms with van der Waals surface area (Å²) in [5, 5.41) is 3.94. The third-order valence-corrected chi connectivity index (χ3v) is 8.65. The fourth-order valence-electron chi connectivity index (χ4n) is 4.82. The van der Waals surface area contributed by atoms with E-state index in [4.69, 9.17) is 0 Å². The molecule has 3 aromatic rings. The highest BCUT2D eigenvalue weighted by Gasteiger charge is 2.33. The summed E-state index contributed by atoms with van der Waals surface area (Å²) in [5.41, 5.74) is 2.29. The van der Waals surface area contributed by atoms with Crippen LogP contribution in [0.1, 0.15) is 31.7 Å². The molecule has 188 valence electrons. The Kier molecular flexibility index (Phi) is 8.26. The first-order valence-corrected chi connectivity index (χ1v) is 13.9. The standard InChI is InChI=1S/C27H36N4O3S/c1-3-30-18-14-23-19-25(12-13-26(23)30)35(33,34)31-17-7-11-24(21-31)27(32)28-15-8-16-29(2)20-22-9-5-4-6-10-22/h4-6,9-10,12-14,18-19,24H,3,7-8,11,15-17,20-21H2,1-2H3,(H,28,32)/t24-/m0/s1. The van der Waals surface area contributed by atoms with Gasteiger partial charge in [-0.1, -0.05) is 30.3 Å². The van der Waals surface area contributed by atoms with Gasteiger partial charge in [-0.15, -0.1) is 0 Å². The Hall–Kier alpha value is -2.68. The van der Waals surface area contributed by atoms with E-state index in [1.54, 1.807) is 12.1 Å². The Labute approximate surface area is 208 Å².